The molecule has 2 atom stereocenters. The number of hydrogen-bond acceptors (Lipinski definition) is 2. The zero-order chi connectivity index (χ0) is 14.3. The second-order valence-corrected chi connectivity index (χ2v) is 6.47. The molecule has 0 aliphatic carbocycles. The van der Waals surface area contributed by atoms with Crippen molar-refractivity contribution in [3.63, 3.8) is 0 Å². The van der Waals surface area contributed by atoms with Gasteiger partial charge in [0.25, 0.3) is 0 Å². The molecular weight excluding hydrogens is 363 g/mol. The second-order valence-electron chi connectivity index (χ2n) is 4.71. The van der Waals surface area contributed by atoms with Gasteiger partial charge in [0.1, 0.15) is 11.9 Å². The van der Waals surface area contributed by atoms with Crippen LogP contribution in [-0.4, -0.2) is 5.11 Å². The predicted octanol–water partition coefficient (Wildman–Crippen LogP) is 5.31. The predicted molar refractivity (Wildman–Crippen MR) is 83.5 cm³/mol. The Hall–Kier alpha value is -0.740. The summed E-state index contributed by atoms with van der Waals surface area (Å²) in [7, 11) is 0. The smallest absolute Gasteiger partial charge is 0.128 e. The molecule has 0 saturated heterocycles. The Labute approximate surface area is 135 Å². The molecule has 1 aliphatic rings. The maximum atomic E-state index is 10.3. The summed E-state index contributed by atoms with van der Waals surface area (Å²) in [6.07, 6.45) is -0.440. The molecular formula is C15H11BrCl2O2. The molecule has 104 valence electrons. The van der Waals surface area contributed by atoms with E-state index in [-0.39, 0.29) is 6.10 Å². The van der Waals surface area contributed by atoms with Gasteiger partial charge in [0.15, 0.2) is 0 Å². The molecule has 1 N–H and O–H groups in total. The first kappa shape index (κ1) is 14.2. The maximum absolute atomic E-state index is 10.3. The monoisotopic (exact) mass is 372 g/mol. The summed E-state index contributed by atoms with van der Waals surface area (Å²) in [6.45, 7) is 0. The molecule has 0 aromatic heterocycles. The molecule has 2 nitrogen and oxygen atoms in total. The SMILES string of the molecule is OC1CC(c2cc(Br)ccc2Cl)Oc2ccc(Cl)cc21. The van der Waals surface area contributed by atoms with E-state index in [0.717, 1.165) is 15.6 Å². The van der Waals surface area contributed by atoms with Crippen LogP contribution in [0.25, 0.3) is 0 Å². The van der Waals surface area contributed by atoms with Gasteiger partial charge in [-0.25, -0.2) is 0 Å². The van der Waals surface area contributed by atoms with Crippen molar-refractivity contribution in [1.29, 1.82) is 0 Å². The fourth-order valence-electron chi connectivity index (χ4n) is 2.37. The Balaban J connectivity index is 1.99. The largest absolute Gasteiger partial charge is 0.485 e. The van der Waals surface area contributed by atoms with Crippen LogP contribution in [0.3, 0.4) is 0 Å². The first-order valence-corrected chi connectivity index (χ1v) is 7.68. The highest BCUT2D eigenvalue weighted by Gasteiger charge is 2.29. The third-order valence-electron chi connectivity index (χ3n) is 3.34. The molecule has 0 fully saturated rings. The Morgan fingerprint density at radius 3 is 2.70 bits per heavy atom. The summed E-state index contributed by atoms with van der Waals surface area (Å²) in [5.41, 5.74) is 1.58. The summed E-state index contributed by atoms with van der Waals surface area (Å²) >= 11 is 15.6. The lowest BCUT2D eigenvalue weighted by Gasteiger charge is -2.30. The number of rotatable bonds is 1. The van der Waals surface area contributed by atoms with Gasteiger partial charge in [-0.3, -0.25) is 0 Å². The second kappa shape index (κ2) is 5.57. The normalized spacial score (nSPS) is 21.2. The lowest BCUT2D eigenvalue weighted by atomic mass is 9.95. The van der Waals surface area contributed by atoms with Crippen LogP contribution in [0.15, 0.2) is 40.9 Å². The van der Waals surface area contributed by atoms with Crippen molar-refractivity contribution in [1.82, 2.24) is 0 Å². The third kappa shape index (κ3) is 2.68. The van der Waals surface area contributed by atoms with Gasteiger partial charge in [0.05, 0.1) is 6.10 Å². The number of halogens is 3. The number of benzene rings is 2. The zero-order valence-corrected chi connectivity index (χ0v) is 13.4. The number of fused-ring (bicyclic) bond motifs is 1. The van der Waals surface area contributed by atoms with Crippen molar-refractivity contribution in [3.05, 3.63) is 62.0 Å². The highest BCUT2D eigenvalue weighted by atomic mass is 79.9. The Bertz CT molecular complexity index is 660. The van der Waals surface area contributed by atoms with Crippen molar-refractivity contribution in [2.45, 2.75) is 18.6 Å². The van der Waals surface area contributed by atoms with Crippen molar-refractivity contribution in [2.24, 2.45) is 0 Å². The van der Waals surface area contributed by atoms with E-state index < -0.39 is 6.10 Å². The minimum atomic E-state index is -0.613. The van der Waals surface area contributed by atoms with Crippen LogP contribution in [0, 0.1) is 0 Å². The number of hydrogen-bond donors (Lipinski definition) is 1. The van der Waals surface area contributed by atoms with Crippen LogP contribution in [0.4, 0.5) is 0 Å². The van der Waals surface area contributed by atoms with Crippen LogP contribution in [0.2, 0.25) is 10.0 Å². The average Bonchev–Trinajstić information content (AvgIpc) is 2.42. The quantitative estimate of drug-likeness (QED) is 0.733. The fraction of sp³-hybridized carbons (Fsp3) is 0.200. The van der Waals surface area contributed by atoms with Crippen LogP contribution < -0.4 is 4.74 Å². The van der Waals surface area contributed by atoms with Crippen LogP contribution in [0.5, 0.6) is 5.75 Å². The average molecular weight is 374 g/mol. The van der Waals surface area contributed by atoms with Crippen molar-refractivity contribution >= 4 is 39.1 Å². The van der Waals surface area contributed by atoms with Gasteiger partial charge in [-0.05, 0) is 36.4 Å². The fourth-order valence-corrected chi connectivity index (χ4v) is 3.17. The Kier molecular flexibility index (Phi) is 3.95. The maximum Gasteiger partial charge on any atom is 0.128 e. The lowest BCUT2D eigenvalue weighted by Crippen LogP contribution is -2.19. The van der Waals surface area contributed by atoms with E-state index in [1.807, 2.05) is 18.2 Å². The van der Waals surface area contributed by atoms with Gasteiger partial charge in [-0.15, -0.1) is 0 Å². The topological polar surface area (TPSA) is 29.5 Å². The van der Waals surface area contributed by atoms with E-state index in [0.29, 0.717) is 22.2 Å². The van der Waals surface area contributed by atoms with E-state index in [1.165, 1.54) is 0 Å². The van der Waals surface area contributed by atoms with Gasteiger partial charge >= 0.3 is 0 Å². The Morgan fingerprint density at radius 2 is 1.90 bits per heavy atom. The molecule has 0 radical (unpaired) electrons. The van der Waals surface area contributed by atoms with E-state index in [4.69, 9.17) is 27.9 Å². The molecule has 20 heavy (non-hydrogen) atoms. The van der Waals surface area contributed by atoms with Gasteiger partial charge in [-0.1, -0.05) is 39.1 Å². The molecule has 2 aromatic rings. The van der Waals surface area contributed by atoms with E-state index >= 15 is 0 Å². The minimum Gasteiger partial charge on any atom is -0.485 e. The summed E-state index contributed by atoms with van der Waals surface area (Å²) in [5, 5.41) is 11.5. The summed E-state index contributed by atoms with van der Waals surface area (Å²) in [4.78, 5) is 0. The third-order valence-corrected chi connectivity index (χ3v) is 4.41. The van der Waals surface area contributed by atoms with Crippen molar-refractivity contribution in [3.8, 4) is 5.75 Å². The molecule has 5 heteroatoms. The first-order valence-electron chi connectivity index (χ1n) is 6.13. The molecule has 1 heterocycles. The molecule has 0 spiro atoms. The summed E-state index contributed by atoms with van der Waals surface area (Å²) < 4.78 is 6.88. The lowest BCUT2D eigenvalue weighted by molar-refractivity contribution is 0.0658. The van der Waals surface area contributed by atoms with E-state index in [2.05, 4.69) is 15.9 Å². The van der Waals surface area contributed by atoms with E-state index in [9.17, 15) is 5.11 Å². The van der Waals surface area contributed by atoms with Crippen molar-refractivity contribution < 1.29 is 9.84 Å². The number of aliphatic hydroxyl groups is 1. The molecule has 0 saturated carbocycles. The highest BCUT2D eigenvalue weighted by Crippen LogP contribution is 2.43. The van der Waals surface area contributed by atoms with Gasteiger partial charge < -0.3 is 9.84 Å². The summed E-state index contributed by atoms with van der Waals surface area (Å²) in [6, 6.07) is 10.9. The highest BCUT2D eigenvalue weighted by molar-refractivity contribution is 9.10. The van der Waals surface area contributed by atoms with Crippen LogP contribution in [0.1, 0.15) is 29.8 Å². The van der Waals surface area contributed by atoms with Gasteiger partial charge in [0.2, 0.25) is 0 Å². The number of ether oxygens (including phenoxy) is 1. The first-order chi connectivity index (χ1) is 9.54. The van der Waals surface area contributed by atoms with Crippen molar-refractivity contribution in [2.75, 3.05) is 0 Å². The van der Waals surface area contributed by atoms with E-state index in [1.54, 1.807) is 18.2 Å². The molecule has 0 bridgehead atoms. The van der Waals surface area contributed by atoms with Gasteiger partial charge in [0, 0.05) is 32.1 Å². The number of aliphatic hydroxyl groups excluding tert-OH is 1. The summed E-state index contributed by atoms with van der Waals surface area (Å²) in [5.74, 6) is 0.647. The Morgan fingerprint density at radius 1 is 1.10 bits per heavy atom. The van der Waals surface area contributed by atoms with Crippen LogP contribution in [-0.2, 0) is 0 Å². The molecule has 2 unspecified atom stereocenters. The zero-order valence-electron chi connectivity index (χ0n) is 10.3. The molecule has 0 amide bonds. The molecule has 1 aliphatic heterocycles. The molecule has 2 aromatic carbocycles. The minimum absolute atomic E-state index is 0.274. The standard InChI is InChI=1S/C15H11BrCl2O2/c16-8-1-3-12(18)10(5-8)15-7-13(19)11-6-9(17)2-4-14(11)20-15/h1-6,13,15,19H,7H2. The van der Waals surface area contributed by atoms with Crippen LogP contribution >= 0.6 is 39.1 Å². The molecule has 3 rings (SSSR count). The van der Waals surface area contributed by atoms with Gasteiger partial charge in [-0.2, -0.15) is 0 Å².